The van der Waals surface area contributed by atoms with Crippen molar-refractivity contribution in [3.63, 3.8) is 0 Å². The highest BCUT2D eigenvalue weighted by Gasteiger charge is 2.49. The first kappa shape index (κ1) is 54.8. The predicted octanol–water partition coefficient (Wildman–Crippen LogP) is 11.3. The highest BCUT2D eigenvalue weighted by Crippen LogP contribution is 2.41. The normalized spacial score (nSPS) is 15.7. The average molecular weight is 1130 g/mol. The Balaban J connectivity index is 0.000000192. The van der Waals surface area contributed by atoms with Gasteiger partial charge in [0, 0.05) is 62.2 Å². The lowest BCUT2D eigenvalue weighted by Crippen LogP contribution is -2.32. The molecule has 0 spiro atoms. The van der Waals surface area contributed by atoms with Crippen LogP contribution in [0.1, 0.15) is 101 Å². The minimum absolute atomic E-state index is 0.0517. The zero-order chi connectivity index (χ0) is 51.5. The molecular weight excluding hydrogens is 1080 g/mol. The van der Waals surface area contributed by atoms with Gasteiger partial charge in [0.2, 0.25) is 11.8 Å². The van der Waals surface area contributed by atoms with Crippen LogP contribution in [0, 0.1) is 25.5 Å². The van der Waals surface area contributed by atoms with Crippen LogP contribution in [0.15, 0.2) is 124 Å². The lowest BCUT2D eigenvalue weighted by atomic mass is 9.80. The molecule has 2 aliphatic rings. The van der Waals surface area contributed by atoms with Gasteiger partial charge in [0.05, 0.1) is 25.6 Å². The van der Waals surface area contributed by atoms with Gasteiger partial charge in [-0.05, 0) is 93.0 Å². The van der Waals surface area contributed by atoms with Crippen molar-refractivity contribution >= 4 is 60.1 Å². The molecule has 0 fully saturated rings. The Bertz CT molecular complexity index is 2970. The Labute approximate surface area is 426 Å². The molecule has 2 atom stereocenters. The monoisotopic (exact) mass is 1130 g/mol. The highest BCUT2D eigenvalue weighted by atomic mass is 79.9. The van der Waals surface area contributed by atoms with Crippen molar-refractivity contribution in [2.75, 3.05) is 14.2 Å². The summed E-state index contributed by atoms with van der Waals surface area (Å²) in [5.41, 5.74) is 2.08. The molecule has 374 valence electrons. The van der Waals surface area contributed by atoms with E-state index in [1.54, 1.807) is 14.0 Å². The minimum atomic E-state index is -5.66. The lowest BCUT2D eigenvalue weighted by molar-refractivity contribution is -0.0524. The SMILES string of the molecule is COc1nc(C)nc(C2CC=C(OS(=O)(=O)C(F)(F)F)CC2)c1Cc1ccccc1.COc1nc(C)nc(C2CC=C(c3ccc(Br)cc3F)CC2)c1Cc1ccccc1.OB(O)c1ccc(Br)cc1F. The van der Waals surface area contributed by atoms with E-state index < -0.39 is 28.6 Å². The van der Waals surface area contributed by atoms with E-state index in [4.69, 9.17) is 24.5 Å². The van der Waals surface area contributed by atoms with E-state index in [9.17, 15) is 30.4 Å². The number of hydrogen-bond acceptors (Lipinski definition) is 11. The predicted molar refractivity (Wildman–Crippen MR) is 268 cm³/mol. The summed E-state index contributed by atoms with van der Waals surface area (Å²) >= 11 is 6.37. The van der Waals surface area contributed by atoms with Crippen molar-refractivity contribution in [2.24, 2.45) is 0 Å². The fourth-order valence-corrected chi connectivity index (χ4v) is 9.43. The zero-order valence-corrected chi connectivity index (χ0v) is 43.0. The maximum atomic E-state index is 14.4. The third-order valence-corrected chi connectivity index (χ3v) is 13.6. The number of halogens is 7. The standard InChI is InChI=1S/C25H24BrFN2O.C20H21F3N2O4S.C6H5BBrFO2/c1-16-28-24(22(25(29-16)30-2)14-17-6-4-3-5-7-17)19-10-8-18(9-11-19)21-13-12-20(26)15-23(21)27;1-13-24-18(17(19(25-13)28-2)12-14-6-4-3-5-7-14)15-8-10-16(11-9-15)29-30(26,27)20(21,22)23;8-4-1-2-5(7(10)11)6(9)3-4/h3-8,12-13,15,19H,9-11,14H2,1-2H3;3-7,10,15H,8-9,11-12H2,1-2H3;1-3,10-11H. The van der Waals surface area contributed by atoms with Gasteiger partial charge in [-0.2, -0.15) is 31.6 Å². The van der Waals surface area contributed by atoms with E-state index >= 15 is 0 Å². The summed E-state index contributed by atoms with van der Waals surface area (Å²) in [6, 6.07) is 29.3. The molecule has 0 radical (unpaired) electrons. The topological polar surface area (TPSA) is 154 Å². The second-order valence-electron chi connectivity index (χ2n) is 16.6. The van der Waals surface area contributed by atoms with E-state index in [0.29, 0.717) is 52.7 Å². The van der Waals surface area contributed by atoms with E-state index in [1.165, 1.54) is 43.0 Å². The summed E-state index contributed by atoms with van der Waals surface area (Å²) < 4.78 is 104. The number of rotatable bonds is 12. The number of hydrogen-bond donors (Lipinski definition) is 2. The molecule has 2 unspecified atom stereocenters. The van der Waals surface area contributed by atoms with Crippen molar-refractivity contribution in [2.45, 2.75) is 82.6 Å². The molecule has 2 heterocycles. The maximum Gasteiger partial charge on any atom is 0.534 e. The summed E-state index contributed by atoms with van der Waals surface area (Å²) in [6.07, 6.45) is 8.11. The van der Waals surface area contributed by atoms with Crippen LogP contribution in [-0.4, -0.2) is 65.2 Å². The van der Waals surface area contributed by atoms with Crippen molar-refractivity contribution in [3.8, 4) is 11.8 Å². The van der Waals surface area contributed by atoms with E-state index in [2.05, 4.69) is 69.2 Å². The van der Waals surface area contributed by atoms with Crippen LogP contribution in [0.25, 0.3) is 5.57 Å². The first-order valence-electron chi connectivity index (χ1n) is 22.3. The van der Waals surface area contributed by atoms with Crippen LogP contribution in [0.3, 0.4) is 0 Å². The van der Waals surface area contributed by atoms with E-state index in [0.717, 1.165) is 63.8 Å². The second-order valence-corrected chi connectivity index (χ2v) is 20.0. The molecule has 6 aromatic rings. The Morgan fingerprint density at radius 2 is 1.15 bits per heavy atom. The molecule has 0 amide bonds. The third-order valence-electron chi connectivity index (χ3n) is 11.6. The number of benzene rings is 4. The maximum absolute atomic E-state index is 14.4. The van der Waals surface area contributed by atoms with Crippen molar-refractivity contribution in [1.82, 2.24) is 19.9 Å². The van der Waals surface area contributed by atoms with Gasteiger partial charge in [-0.25, -0.2) is 18.7 Å². The second kappa shape index (κ2) is 24.7. The van der Waals surface area contributed by atoms with E-state index in [-0.39, 0.29) is 35.3 Å². The quantitative estimate of drug-likeness (QED) is 0.0521. The van der Waals surface area contributed by atoms with Crippen LogP contribution < -0.4 is 14.9 Å². The summed E-state index contributed by atoms with van der Waals surface area (Å²) in [4.78, 5) is 18.3. The molecule has 0 saturated carbocycles. The smallest absolute Gasteiger partial charge is 0.481 e. The van der Waals surface area contributed by atoms with Gasteiger partial charge >= 0.3 is 22.7 Å². The molecule has 0 bridgehead atoms. The van der Waals surface area contributed by atoms with Gasteiger partial charge in [0.25, 0.3) is 0 Å². The molecule has 20 heteroatoms. The number of ether oxygens (including phenoxy) is 2. The number of nitrogens with zero attached hydrogens (tertiary/aromatic N) is 4. The van der Waals surface area contributed by atoms with Gasteiger partial charge in [-0.1, -0.05) is 111 Å². The third kappa shape index (κ3) is 14.8. The van der Waals surface area contributed by atoms with Crippen molar-refractivity contribution in [3.05, 3.63) is 186 Å². The number of alkyl halides is 3. The first-order chi connectivity index (χ1) is 33.8. The van der Waals surface area contributed by atoms with Crippen molar-refractivity contribution < 1.29 is 54.1 Å². The highest BCUT2D eigenvalue weighted by molar-refractivity contribution is 9.10. The first-order valence-corrected chi connectivity index (χ1v) is 25.3. The molecule has 0 saturated heterocycles. The van der Waals surface area contributed by atoms with Gasteiger partial charge in [-0.15, -0.1) is 0 Å². The Morgan fingerprint density at radius 1 is 0.676 bits per heavy atom. The molecule has 2 aromatic heterocycles. The molecule has 2 N–H and O–H groups in total. The van der Waals surface area contributed by atoms with Gasteiger partial charge < -0.3 is 23.7 Å². The van der Waals surface area contributed by atoms with Gasteiger partial charge in [-0.3, -0.25) is 0 Å². The Kier molecular flexibility index (Phi) is 19.1. The van der Waals surface area contributed by atoms with Crippen LogP contribution >= 0.6 is 31.9 Å². The van der Waals surface area contributed by atoms with E-state index in [1.807, 2.05) is 67.6 Å². The van der Waals surface area contributed by atoms with Crippen molar-refractivity contribution in [1.29, 1.82) is 0 Å². The Morgan fingerprint density at radius 3 is 1.56 bits per heavy atom. The summed E-state index contributed by atoms with van der Waals surface area (Å²) in [6.45, 7) is 3.64. The summed E-state index contributed by atoms with van der Waals surface area (Å²) in [5.74, 6) is 1.46. The summed E-state index contributed by atoms with van der Waals surface area (Å²) in [5, 5.41) is 17.2. The average Bonchev–Trinajstić information content (AvgIpc) is 3.33. The fourth-order valence-electron chi connectivity index (χ4n) is 8.24. The minimum Gasteiger partial charge on any atom is -0.481 e. The molecule has 4 aromatic carbocycles. The van der Waals surface area contributed by atoms with Gasteiger partial charge in [0.15, 0.2) is 0 Å². The Hall–Kier alpha value is -5.54. The van der Waals surface area contributed by atoms with Crippen LogP contribution in [0.4, 0.5) is 22.0 Å². The number of aryl methyl sites for hydroxylation is 2. The van der Waals surface area contributed by atoms with Crippen LogP contribution in [-0.2, 0) is 27.1 Å². The number of aromatic nitrogens is 4. The summed E-state index contributed by atoms with van der Waals surface area (Å²) in [7, 11) is -4.22. The molecule has 0 aliphatic heterocycles. The number of methoxy groups -OCH3 is 2. The largest absolute Gasteiger partial charge is 0.534 e. The molecule has 2 aliphatic carbocycles. The zero-order valence-electron chi connectivity index (χ0n) is 39.1. The fraction of sp³-hybridized carbons (Fsp3) is 0.294. The number of allylic oxidation sites excluding steroid dienone is 4. The van der Waals surface area contributed by atoms with Crippen LogP contribution in [0.2, 0.25) is 0 Å². The molecule has 8 rings (SSSR count). The molecular formula is C51H50BBr2F5N4O7S. The molecule has 71 heavy (non-hydrogen) atoms. The van der Waals surface area contributed by atoms with Crippen LogP contribution in [0.5, 0.6) is 11.8 Å². The molecule has 11 nitrogen and oxygen atoms in total. The lowest BCUT2D eigenvalue weighted by Gasteiger charge is -2.25. The van der Waals surface area contributed by atoms with Gasteiger partial charge in [0.1, 0.15) is 29.0 Å².